The summed E-state index contributed by atoms with van der Waals surface area (Å²) in [6.45, 7) is 7.20. The topological polar surface area (TPSA) is 52.3 Å². The van der Waals surface area contributed by atoms with Crippen LogP contribution in [0.15, 0.2) is 11.1 Å². The van der Waals surface area contributed by atoms with Crippen molar-refractivity contribution in [2.45, 2.75) is 64.8 Å². The van der Waals surface area contributed by atoms with Crippen molar-refractivity contribution in [1.29, 1.82) is 5.26 Å². The molecule has 1 aromatic rings. The molecule has 0 unspecified atom stereocenters. The van der Waals surface area contributed by atoms with Gasteiger partial charge in [0.1, 0.15) is 6.07 Å². The first kappa shape index (κ1) is 17.3. The molecule has 1 aliphatic heterocycles. The lowest BCUT2D eigenvalue weighted by atomic mass is 9.98. The van der Waals surface area contributed by atoms with Crippen LogP contribution in [0.2, 0.25) is 0 Å². The first-order valence-electron chi connectivity index (χ1n) is 8.97. The van der Waals surface area contributed by atoms with Gasteiger partial charge in [0, 0.05) is 12.3 Å². The van der Waals surface area contributed by atoms with E-state index in [1.807, 2.05) is 31.7 Å². The van der Waals surface area contributed by atoms with Crippen molar-refractivity contribution in [2.24, 2.45) is 4.99 Å². The summed E-state index contributed by atoms with van der Waals surface area (Å²) in [6, 6.07) is 4.18. The summed E-state index contributed by atoms with van der Waals surface area (Å²) in [5.41, 5.74) is 2.74. The fraction of sp³-hybridized carbons (Fsp3) is 0.632. The Morgan fingerprint density at radius 1 is 1.38 bits per heavy atom. The van der Waals surface area contributed by atoms with Crippen molar-refractivity contribution in [3.8, 4) is 6.07 Å². The number of aryl methyl sites for hydroxylation is 2. The minimum Gasteiger partial charge on any atom is -0.345 e. The fourth-order valence-electron chi connectivity index (χ4n) is 3.88. The normalized spacial score (nSPS) is 20.9. The number of rotatable bonds is 4. The van der Waals surface area contributed by atoms with Crippen molar-refractivity contribution in [2.75, 3.05) is 12.3 Å². The highest BCUT2D eigenvalue weighted by Crippen LogP contribution is 2.45. The molecule has 4 nitrogen and oxygen atoms in total. The van der Waals surface area contributed by atoms with E-state index in [0.717, 1.165) is 34.5 Å². The highest BCUT2D eigenvalue weighted by atomic mass is 32.2. The Morgan fingerprint density at radius 2 is 2.12 bits per heavy atom. The molecule has 3 rings (SSSR count). The van der Waals surface area contributed by atoms with Crippen molar-refractivity contribution in [1.82, 2.24) is 9.88 Å². The monoisotopic (exact) mass is 342 g/mol. The number of aromatic nitrogens is 1. The molecule has 1 saturated heterocycles. The zero-order chi connectivity index (χ0) is 17.2. The van der Waals surface area contributed by atoms with Gasteiger partial charge < -0.3 is 4.90 Å². The molecule has 5 heteroatoms. The van der Waals surface area contributed by atoms with E-state index in [9.17, 15) is 5.26 Å². The minimum absolute atomic E-state index is 0.329. The average Bonchev–Trinajstić information content (AvgIpc) is 3.14. The van der Waals surface area contributed by atoms with Gasteiger partial charge in [-0.05, 0) is 44.7 Å². The number of aliphatic imine (C=N–C) groups is 1. The number of unbranched alkanes of at least 4 members (excludes halogenated alkanes) is 1. The predicted octanol–water partition coefficient (Wildman–Crippen LogP) is 4.72. The van der Waals surface area contributed by atoms with Crippen LogP contribution in [-0.2, 0) is 0 Å². The Bertz CT molecular complexity index is 660. The summed E-state index contributed by atoms with van der Waals surface area (Å²) in [5.74, 6) is 1.90. The van der Waals surface area contributed by atoms with E-state index in [1.54, 1.807) is 0 Å². The molecule has 1 spiro atoms. The first-order chi connectivity index (χ1) is 11.6. The van der Waals surface area contributed by atoms with E-state index >= 15 is 0 Å². The van der Waals surface area contributed by atoms with Crippen LogP contribution in [-0.4, -0.2) is 32.9 Å². The van der Waals surface area contributed by atoms with Crippen LogP contribution in [0.3, 0.4) is 0 Å². The predicted molar refractivity (Wildman–Crippen MR) is 101 cm³/mol. The molecular weight excluding hydrogens is 316 g/mol. The van der Waals surface area contributed by atoms with Gasteiger partial charge in [-0.15, -0.1) is 0 Å². The second-order valence-corrected chi connectivity index (χ2v) is 7.93. The van der Waals surface area contributed by atoms with Crippen molar-refractivity contribution < 1.29 is 0 Å². The zero-order valence-electron chi connectivity index (χ0n) is 14.9. The molecule has 0 radical (unpaired) electrons. The molecule has 2 aliphatic rings. The summed E-state index contributed by atoms with van der Waals surface area (Å²) in [7, 11) is 0. The van der Waals surface area contributed by atoms with Crippen LogP contribution in [0, 0.1) is 25.2 Å². The van der Waals surface area contributed by atoms with E-state index in [0.29, 0.717) is 11.1 Å². The maximum absolute atomic E-state index is 9.21. The third-order valence-electron chi connectivity index (χ3n) is 5.25. The number of pyridine rings is 1. The largest absolute Gasteiger partial charge is 0.345 e. The first-order valence-corrected chi connectivity index (χ1v) is 9.95. The summed E-state index contributed by atoms with van der Waals surface area (Å²) >= 11 is 1.88. The Balaban J connectivity index is 1.92. The standard InChI is InChI=1S/C19H26N4S/c1-4-5-10-23-18(24-13-19(23)8-6-7-9-19)22-17-11-14(2)16(12-20)15(3)21-17/h11H,4-10,13H2,1-3H3. The maximum atomic E-state index is 9.21. The molecule has 1 aromatic heterocycles. The van der Waals surface area contributed by atoms with Crippen LogP contribution in [0.25, 0.3) is 0 Å². The van der Waals surface area contributed by atoms with E-state index < -0.39 is 0 Å². The summed E-state index contributed by atoms with van der Waals surface area (Å²) < 4.78 is 0. The highest BCUT2D eigenvalue weighted by Gasteiger charge is 2.46. The average molecular weight is 343 g/mol. The number of amidine groups is 1. The molecule has 1 aliphatic carbocycles. The molecule has 1 saturated carbocycles. The molecule has 0 atom stereocenters. The van der Waals surface area contributed by atoms with E-state index in [-0.39, 0.29) is 0 Å². The van der Waals surface area contributed by atoms with E-state index in [2.05, 4.69) is 22.9 Å². The molecular formula is C19H26N4S. The summed E-state index contributed by atoms with van der Waals surface area (Å²) in [6.07, 6.45) is 7.68. The third-order valence-corrected chi connectivity index (χ3v) is 6.50. The highest BCUT2D eigenvalue weighted by molar-refractivity contribution is 8.14. The lowest BCUT2D eigenvalue weighted by Crippen LogP contribution is -2.45. The van der Waals surface area contributed by atoms with Gasteiger partial charge in [-0.3, -0.25) is 0 Å². The van der Waals surface area contributed by atoms with Gasteiger partial charge in [-0.25, -0.2) is 9.98 Å². The SMILES string of the molecule is CCCCN1C(=Nc2cc(C)c(C#N)c(C)n2)SCC12CCCC2. The molecule has 2 fully saturated rings. The Labute approximate surface area is 149 Å². The lowest BCUT2D eigenvalue weighted by molar-refractivity contribution is 0.214. The zero-order valence-corrected chi connectivity index (χ0v) is 15.7. The number of nitrogens with zero attached hydrogens (tertiary/aromatic N) is 4. The quantitative estimate of drug-likeness (QED) is 0.794. The summed E-state index contributed by atoms with van der Waals surface area (Å²) in [4.78, 5) is 12.0. The van der Waals surface area contributed by atoms with Crippen LogP contribution in [0.1, 0.15) is 62.3 Å². The third kappa shape index (κ3) is 3.17. The maximum Gasteiger partial charge on any atom is 0.166 e. The number of thioether (sulfide) groups is 1. The molecule has 128 valence electrons. The molecule has 2 heterocycles. The van der Waals surface area contributed by atoms with E-state index in [1.165, 1.54) is 38.5 Å². The second kappa shape index (κ2) is 7.14. The molecule has 0 amide bonds. The van der Waals surface area contributed by atoms with Gasteiger partial charge in [-0.1, -0.05) is 37.9 Å². The fourth-order valence-corrected chi connectivity index (χ4v) is 5.32. The van der Waals surface area contributed by atoms with Crippen LogP contribution in [0.5, 0.6) is 0 Å². The van der Waals surface area contributed by atoms with Crippen LogP contribution < -0.4 is 0 Å². The Kier molecular flexibility index (Phi) is 5.15. The van der Waals surface area contributed by atoms with Gasteiger partial charge >= 0.3 is 0 Å². The van der Waals surface area contributed by atoms with Crippen molar-refractivity contribution in [3.05, 3.63) is 22.9 Å². The summed E-state index contributed by atoms with van der Waals surface area (Å²) in [5, 5.41) is 10.3. The number of nitriles is 1. The lowest BCUT2D eigenvalue weighted by Gasteiger charge is -2.35. The van der Waals surface area contributed by atoms with Crippen LogP contribution >= 0.6 is 11.8 Å². The molecule has 0 bridgehead atoms. The Morgan fingerprint density at radius 3 is 2.75 bits per heavy atom. The molecule has 0 aromatic carbocycles. The van der Waals surface area contributed by atoms with Gasteiger partial charge in [0.05, 0.1) is 16.8 Å². The van der Waals surface area contributed by atoms with Crippen LogP contribution in [0.4, 0.5) is 5.82 Å². The van der Waals surface area contributed by atoms with Gasteiger partial charge in [0.2, 0.25) is 0 Å². The Hall–Kier alpha value is -1.54. The number of hydrogen-bond acceptors (Lipinski definition) is 4. The molecule has 24 heavy (non-hydrogen) atoms. The van der Waals surface area contributed by atoms with Crippen molar-refractivity contribution in [3.63, 3.8) is 0 Å². The second-order valence-electron chi connectivity index (χ2n) is 6.99. The van der Waals surface area contributed by atoms with E-state index in [4.69, 9.17) is 4.99 Å². The van der Waals surface area contributed by atoms with Gasteiger partial charge in [0.25, 0.3) is 0 Å². The molecule has 0 N–H and O–H groups in total. The smallest absolute Gasteiger partial charge is 0.166 e. The van der Waals surface area contributed by atoms with Gasteiger partial charge in [0.15, 0.2) is 11.0 Å². The van der Waals surface area contributed by atoms with Crippen molar-refractivity contribution >= 4 is 22.7 Å². The van der Waals surface area contributed by atoms with Gasteiger partial charge in [-0.2, -0.15) is 5.26 Å². The minimum atomic E-state index is 0.329. The number of hydrogen-bond donors (Lipinski definition) is 0.